The van der Waals surface area contributed by atoms with Crippen molar-refractivity contribution < 1.29 is 14.3 Å². The van der Waals surface area contributed by atoms with E-state index in [9.17, 15) is 5.11 Å². The highest BCUT2D eigenvalue weighted by atomic mass is 16.5. The number of ether oxygens (including phenoxy) is 1. The summed E-state index contributed by atoms with van der Waals surface area (Å²) in [5.74, 6) is 1.71. The van der Waals surface area contributed by atoms with Crippen LogP contribution in [0.4, 0.5) is 0 Å². The van der Waals surface area contributed by atoms with E-state index < -0.39 is 6.10 Å². The van der Waals surface area contributed by atoms with Crippen molar-refractivity contribution in [2.45, 2.75) is 33.0 Å². The zero-order valence-electron chi connectivity index (χ0n) is 16.0. The van der Waals surface area contributed by atoms with Crippen LogP contribution in [-0.2, 0) is 13.1 Å². The third-order valence-electron chi connectivity index (χ3n) is 4.66. The maximum absolute atomic E-state index is 10.6. The second-order valence-electron chi connectivity index (χ2n) is 6.90. The fraction of sp³-hybridized carbons (Fsp3) is 0.304. The maximum atomic E-state index is 10.6. The van der Waals surface area contributed by atoms with Crippen molar-refractivity contribution in [1.29, 1.82) is 0 Å². The predicted molar refractivity (Wildman–Crippen MR) is 107 cm³/mol. The molecule has 1 atom stereocenters. The highest BCUT2D eigenvalue weighted by Gasteiger charge is 2.15. The molecule has 142 valence electrons. The van der Waals surface area contributed by atoms with E-state index >= 15 is 0 Å². The first-order valence-electron chi connectivity index (χ1n) is 9.27. The summed E-state index contributed by atoms with van der Waals surface area (Å²) in [6.45, 7) is 6.23. The van der Waals surface area contributed by atoms with Crippen LogP contribution >= 0.6 is 0 Å². The number of furan rings is 1. The minimum atomic E-state index is -0.594. The standard InChI is InChI=1S/C23H27NO3/c1-18-8-6-12-23(19(18)2)27-17-21(25)15-24(16-22-11-7-13-26-22)14-20-9-4-3-5-10-20/h3-13,21,25H,14-17H2,1-2H3. The fourth-order valence-corrected chi connectivity index (χ4v) is 3.07. The van der Waals surface area contributed by atoms with E-state index in [0.717, 1.165) is 23.6 Å². The van der Waals surface area contributed by atoms with Crippen molar-refractivity contribution in [1.82, 2.24) is 4.90 Å². The molecule has 1 unspecified atom stereocenters. The molecule has 1 aromatic heterocycles. The van der Waals surface area contributed by atoms with Gasteiger partial charge in [0.25, 0.3) is 0 Å². The summed E-state index contributed by atoms with van der Waals surface area (Å²) >= 11 is 0. The Bertz CT molecular complexity index is 815. The van der Waals surface area contributed by atoms with Gasteiger partial charge in [-0.3, -0.25) is 4.90 Å². The molecule has 0 aliphatic rings. The Hall–Kier alpha value is -2.56. The SMILES string of the molecule is Cc1cccc(OCC(O)CN(Cc2ccccc2)Cc2ccco2)c1C. The second kappa shape index (κ2) is 9.40. The van der Waals surface area contributed by atoms with Gasteiger partial charge in [0.05, 0.1) is 12.8 Å². The Balaban J connectivity index is 1.60. The zero-order chi connectivity index (χ0) is 19.1. The van der Waals surface area contributed by atoms with Crippen molar-refractivity contribution in [2.75, 3.05) is 13.2 Å². The van der Waals surface area contributed by atoms with Gasteiger partial charge in [0, 0.05) is 13.1 Å². The molecule has 4 heteroatoms. The average Bonchev–Trinajstić information content (AvgIpc) is 3.17. The van der Waals surface area contributed by atoms with E-state index in [-0.39, 0.29) is 6.61 Å². The molecule has 2 aromatic carbocycles. The lowest BCUT2D eigenvalue weighted by molar-refractivity contribution is 0.0602. The van der Waals surface area contributed by atoms with Gasteiger partial charge in [-0.15, -0.1) is 0 Å². The Labute approximate surface area is 161 Å². The first-order valence-corrected chi connectivity index (χ1v) is 9.27. The number of rotatable bonds is 9. The summed E-state index contributed by atoms with van der Waals surface area (Å²) in [5.41, 5.74) is 3.50. The first-order chi connectivity index (χ1) is 13.1. The molecule has 0 saturated carbocycles. The van der Waals surface area contributed by atoms with Crippen molar-refractivity contribution in [3.63, 3.8) is 0 Å². The molecule has 1 N–H and O–H groups in total. The minimum Gasteiger partial charge on any atom is -0.491 e. The minimum absolute atomic E-state index is 0.258. The Morgan fingerprint density at radius 3 is 2.52 bits per heavy atom. The van der Waals surface area contributed by atoms with Gasteiger partial charge in [0.1, 0.15) is 24.2 Å². The van der Waals surface area contributed by atoms with Crippen molar-refractivity contribution >= 4 is 0 Å². The van der Waals surface area contributed by atoms with Gasteiger partial charge in [0.15, 0.2) is 0 Å². The molecule has 0 aliphatic carbocycles. The predicted octanol–water partition coefficient (Wildman–Crippen LogP) is 4.34. The number of hydrogen-bond donors (Lipinski definition) is 1. The number of aliphatic hydroxyl groups is 1. The average molecular weight is 365 g/mol. The number of nitrogens with zero attached hydrogens (tertiary/aromatic N) is 1. The van der Waals surface area contributed by atoms with E-state index in [2.05, 4.69) is 30.0 Å². The normalized spacial score (nSPS) is 12.3. The number of benzene rings is 2. The molecule has 0 aliphatic heterocycles. The van der Waals surface area contributed by atoms with Crippen LogP contribution in [-0.4, -0.2) is 29.3 Å². The van der Waals surface area contributed by atoms with Crippen molar-refractivity contribution in [3.05, 3.63) is 89.4 Å². The fourth-order valence-electron chi connectivity index (χ4n) is 3.07. The molecule has 0 amide bonds. The van der Waals surface area contributed by atoms with Crippen LogP contribution < -0.4 is 4.74 Å². The summed E-state index contributed by atoms with van der Waals surface area (Å²) in [6, 6.07) is 20.1. The van der Waals surface area contributed by atoms with Gasteiger partial charge in [-0.25, -0.2) is 0 Å². The summed E-state index contributed by atoms with van der Waals surface area (Å²) < 4.78 is 11.4. The monoisotopic (exact) mass is 365 g/mol. The lowest BCUT2D eigenvalue weighted by Gasteiger charge is -2.24. The summed E-state index contributed by atoms with van der Waals surface area (Å²) in [5, 5.41) is 10.6. The third-order valence-corrected chi connectivity index (χ3v) is 4.66. The third kappa shape index (κ3) is 5.71. The highest BCUT2D eigenvalue weighted by Crippen LogP contribution is 2.21. The van der Waals surface area contributed by atoms with Gasteiger partial charge >= 0.3 is 0 Å². The lowest BCUT2D eigenvalue weighted by atomic mass is 10.1. The van der Waals surface area contributed by atoms with Gasteiger partial charge < -0.3 is 14.3 Å². The molecule has 4 nitrogen and oxygen atoms in total. The first kappa shape index (κ1) is 19.2. The van der Waals surface area contributed by atoms with Crippen LogP contribution in [0.25, 0.3) is 0 Å². The lowest BCUT2D eigenvalue weighted by Crippen LogP contribution is -2.35. The summed E-state index contributed by atoms with van der Waals surface area (Å²) in [6.07, 6.45) is 1.08. The molecule has 27 heavy (non-hydrogen) atoms. The van der Waals surface area contributed by atoms with Crippen LogP contribution in [0.15, 0.2) is 71.3 Å². The Kier molecular flexibility index (Phi) is 6.69. The molecular weight excluding hydrogens is 338 g/mol. The molecular formula is C23H27NO3. The van der Waals surface area contributed by atoms with Crippen LogP contribution in [0.5, 0.6) is 5.75 Å². The molecule has 3 aromatic rings. The van der Waals surface area contributed by atoms with Gasteiger partial charge in [-0.05, 0) is 48.7 Å². The van der Waals surface area contributed by atoms with Crippen molar-refractivity contribution in [3.8, 4) is 5.75 Å². The van der Waals surface area contributed by atoms with Crippen LogP contribution in [0.2, 0.25) is 0 Å². The Morgan fingerprint density at radius 2 is 1.78 bits per heavy atom. The van der Waals surface area contributed by atoms with Crippen molar-refractivity contribution in [2.24, 2.45) is 0 Å². The largest absolute Gasteiger partial charge is 0.491 e. The van der Waals surface area contributed by atoms with Gasteiger partial charge in [-0.2, -0.15) is 0 Å². The second-order valence-corrected chi connectivity index (χ2v) is 6.90. The molecule has 0 bridgehead atoms. The van der Waals surface area contributed by atoms with E-state index in [4.69, 9.17) is 9.15 Å². The van der Waals surface area contributed by atoms with Gasteiger partial charge in [0.2, 0.25) is 0 Å². The topological polar surface area (TPSA) is 45.8 Å². The van der Waals surface area contributed by atoms with Crippen LogP contribution in [0.1, 0.15) is 22.5 Å². The molecule has 3 rings (SSSR count). The molecule has 0 spiro atoms. The van der Waals surface area contributed by atoms with Gasteiger partial charge in [-0.1, -0.05) is 42.5 Å². The maximum Gasteiger partial charge on any atom is 0.122 e. The van der Waals surface area contributed by atoms with E-state index in [1.807, 2.05) is 49.4 Å². The quantitative estimate of drug-likeness (QED) is 0.613. The van der Waals surface area contributed by atoms with Crippen LogP contribution in [0.3, 0.4) is 0 Å². The molecule has 0 radical (unpaired) electrons. The molecule has 0 saturated heterocycles. The smallest absolute Gasteiger partial charge is 0.122 e. The number of hydrogen-bond acceptors (Lipinski definition) is 4. The van der Waals surface area contributed by atoms with E-state index in [1.165, 1.54) is 11.1 Å². The van der Waals surface area contributed by atoms with Crippen LogP contribution in [0, 0.1) is 13.8 Å². The van der Waals surface area contributed by atoms with E-state index in [0.29, 0.717) is 13.1 Å². The number of aryl methyl sites for hydroxylation is 1. The summed E-state index contributed by atoms with van der Waals surface area (Å²) in [7, 11) is 0. The molecule has 0 fully saturated rings. The molecule has 1 heterocycles. The van der Waals surface area contributed by atoms with E-state index in [1.54, 1.807) is 6.26 Å². The highest BCUT2D eigenvalue weighted by molar-refractivity contribution is 5.38. The zero-order valence-corrected chi connectivity index (χ0v) is 16.0. The number of aliphatic hydroxyl groups excluding tert-OH is 1. The Morgan fingerprint density at radius 1 is 0.963 bits per heavy atom. The summed E-state index contributed by atoms with van der Waals surface area (Å²) in [4.78, 5) is 2.17.